The minimum Gasteiger partial charge on any atom is -0.360 e. The molecule has 0 bridgehead atoms. The van der Waals surface area contributed by atoms with Crippen molar-refractivity contribution in [3.05, 3.63) is 20.8 Å². The lowest BCUT2D eigenvalue weighted by atomic mass is 10.3. The lowest BCUT2D eigenvalue weighted by Crippen LogP contribution is -2.43. The van der Waals surface area contributed by atoms with Crippen molar-refractivity contribution >= 4 is 17.4 Å². The molecule has 0 unspecified atom stereocenters. The maximum absolute atomic E-state index is 11.6. The van der Waals surface area contributed by atoms with Gasteiger partial charge in [-0.05, 0) is 0 Å². The first-order valence-electron chi connectivity index (χ1n) is 4.36. The van der Waals surface area contributed by atoms with Gasteiger partial charge in [-0.15, -0.1) is 0 Å². The summed E-state index contributed by atoms with van der Waals surface area (Å²) in [6.45, 7) is 0.0629. The minimum absolute atomic E-state index is 0.0629. The van der Waals surface area contributed by atoms with Gasteiger partial charge in [0.05, 0.1) is 6.54 Å². The molecule has 1 aromatic rings. The number of amides is 1. The van der Waals surface area contributed by atoms with Gasteiger partial charge in [-0.1, -0.05) is 0 Å². The number of carbonyl (C=O) groups excluding carboxylic acids is 1. The maximum atomic E-state index is 11.6. The van der Waals surface area contributed by atoms with Gasteiger partial charge in [0.2, 0.25) is 5.91 Å². The Morgan fingerprint density at radius 2 is 1.80 bits per heavy atom. The summed E-state index contributed by atoms with van der Waals surface area (Å²) in [5, 5.41) is 5.17. The first-order valence-corrected chi connectivity index (χ1v) is 4.36. The number of fused-ring (bicyclic) bond motifs is 1. The summed E-state index contributed by atoms with van der Waals surface area (Å²) in [5.74, 6) is 0.0564. The Kier molecular flexibility index (Phi) is 1.88. The Morgan fingerprint density at radius 1 is 1.13 bits per heavy atom. The van der Waals surface area contributed by atoms with Gasteiger partial charge in [0.15, 0.2) is 0 Å². The summed E-state index contributed by atoms with van der Waals surface area (Å²) in [6.07, 6.45) is 0. The molecule has 15 heavy (non-hydrogen) atoms. The molecule has 80 valence electrons. The molecule has 1 aliphatic heterocycles. The van der Waals surface area contributed by atoms with Gasteiger partial charge in [0, 0.05) is 14.1 Å². The van der Waals surface area contributed by atoms with Crippen LogP contribution in [0.15, 0.2) is 9.59 Å². The topological polar surface area (TPSA) is 85.1 Å². The Hall–Kier alpha value is -2.05. The number of nitrogens with zero attached hydrogens (tertiary/aromatic N) is 2. The molecule has 2 rings (SSSR count). The third-order valence-electron chi connectivity index (χ3n) is 2.35. The van der Waals surface area contributed by atoms with E-state index >= 15 is 0 Å². The summed E-state index contributed by atoms with van der Waals surface area (Å²) in [5.41, 5.74) is -0.813. The van der Waals surface area contributed by atoms with E-state index in [0.29, 0.717) is 5.82 Å². The van der Waals surface area contributed by atoms with E-state index in [-0.39, 0.29) is 18.1 Å². The number of carbonyl (C=O) groups is 1. The second-order valence-electron chi connectivity index (χ2n) is 3.33. The van der Waals surface area contributed by atoms with Crippen molar-refractivity contribution in [3.8, 4) is 0 Å². The van der Waals surface area contributed by atoms with E-state index in [9.17, 15) is 14.4 Å². The van der Waals surface area contributed by atoms with Crippen molar-refractivity contribution in [2.45, 2.75) is 0 Å². The lowest BCUT2D eigenvalue weighted by Gasteiger charge is -2.20. The van der Waals surface area contributed by atoms with Crippen LogP contribution in [0.5, 0.6) is 0 Å². The van der Waals surface area contributed by atoms with E-state index in [1.54, 1.807) is 0 Å². The third-order valence-corrected chi connectivity index (χ3v) is 2.35. The molecular weight excluding hydrogens is 200 g/mol. The summed E-state index contributed by atoms with van der Waals surface area (Å²) < 4.78 is 2.24. The van der Waals surface area contributed by atoms with Crippen LogP contribution in [-0.2, 0) is 18.9 Å². The molecule has 2 heterocycles. The Labute approximate surface area is 84.3 Å². The predicted molar refractivity (Wildman–Crippen MR) is 54.0 cm³/mol. The second kappa shape index (κ2) is 2.97. The molecule has 1 amide bonds. The SMILES string of the molecule is Cn1c2c(c(=O)n(C)c1=O)NC(=O)CN2. The van der Waals surface area contributed by atoms with Gasteiger partial charge in [0.25, 0.3) is 5.56 Å². The number of rotatable bonds is 0. The average molecular weight is 210 g/mol. The van der Waals surface area contributed by atoms with Crippen LogP contribution >= 0.6 is 0 Å². The Morgan fingerprint density at radius 3 is 2.47 bits per heavy atom. The van der Waals surface area contributed by atoms with E-state index in [4.69, 9.17) is 0 Å². The van der Waals surface area contributed by atoms with E-state index in [1.165, 1.54) is 18.7 Å². The molecule has 0 spiro atoms. The van der Waals surface area contributed by atoms with Crippen LogP contribution in [0.25, 0.3) is 0 Å². The summed E-state index contributed by atoms with van der Waals surface area (Å²) in [7, 11) is 2.90. The van der Waals surface area contributed by atoms with Crippen LogP contribution in [0.2, 0.25) is 0 Å². The van der Waals surface area contributed by atoms with Crippen LogP contribution in [0, 0.1) is 0 Å². The fraction of sp³-hybridized carbons (Fsp3) is 0.375. The fourth-order valence-corrected chi connectivity index (χ4v) is 1.51. The van der Waals surface area contributed by atoms with Gasteiger partial charge in [0.1, 0.15) is 11.5 Å². The van der Waals surface area contributed by atoms with Crippen molar-refractivity contribution in [1.29, 1.82) is 0 Å². The molecule has 0 saturated carbocycles. The van der Waals surface area contributed by atoms with E-state index in [0.717, 1.165) is 4.57 Å². The zero-order valence-corrected chi connectivity index (χ0v) is 8.33. The molecule has 0 aromatic carbocycles. The first kappa shape index (κ1) is 9.50. The number of nitrogens with one attached hydrogen (secondary N) is 2. The van der Waals surface area contributed by atoms with Crippen molar-refractivity contribution in [2.24, 2.45) is 14.1 Å². The summed E-state index contributed by atoms with van der Waals surface area (Å²) in [4.78, 5) is 34.2. The molecule has 2 N–H and O–H groups in total. The molecule has 0 saturated heterocycles. The number of hydrogen-bond acceptors (Lipinski definition) is 4. The quantitative estimate of drug-likeness (QED) is 0.542. The van der Waals surface area contributed by atoms with Crippen LogP contribution in [0.4, 0.5) is 11.5 Å². The van der Waals surface area contributed by atoms with Gasteiger partial charge in [-0.3, -0.25) is 18.7 Å². The molecule has 7 heteroatoms. The standard InChI is InChI=1S/C8H10N4O3/c1-11-6-5(10-4(13)3-9-6)7(14)12(2)8(11)15/h9H,3H2,1-2H3,(H,10,13). The van der Waals surface area contributed by atoms with E-state index in [1.807, 2.05) is 0 Å². The van der Waals surface area contributed by atoms with Crippen LogP contribution in [0.3, 0.4) is 0 Å². The molecule has 1 aliphatic rings. The lowest BCUT2D eigenvalue weighted by molar-refractivity contribution is -0.114. The number of anilines is 2. The Balaban J connectivity index is 2.83. The molecule has 0 atom stereocenters. The van der Waals surface area contributed by atoms with Gasteiger partial charge >= 0.3 is 5.69 Å². The zero-order chi connectivity index (χ0) is 11.2. The first-order chi connectivity index (χ1) is 7.02. The molecule has 0 aliphatic carbocycles. The van der Waals surface area contributed by atoms with Crippen molar-refractivity contribution in [1.82, 2.24) is 9.13 Å². The highest BCUT2D eigenvalue weighted by atomic mass is 16.2. The van der Waals surface area contributed by atoms with Crippen molar-refractivity contribution in [3.63, 3.8) is 0 Å². The summed E-state index contributed by atoms with van der Waals surface area (Å²) >= 11 is 0. The number of aromatic nitrogens is 2. The van der Waals surface area contributed by atoms with E-state index < -0.39 is 11.2 Å². The maximum Gasteiger partial charge on any atom is 0.332 e. The highest BCUT2D eigenvalue weighted by molar-refractivity contribution is 5.99. The van der Waals surface area contributed by atoms with Crippen molar-refractivity contribution < 1.29 is 4.79 Å². The van der Waals surface area contributed by atoms with Crippen LogP contribution in [0.1, 0.15) is 0 Å². The smallest absolute Gasteiger partial charge is 0.332 e. The predicted octanol–water partition coefficient (Wildman–Crippen LogP) is -1.55. The number of hydrogen-bond donors (Lipinski definition) is 2. The third kappa shape index (κ3) is 1.24. The Bertz CT molecular complexity index is 554. The molecular formula is C8H10N4O3. The summed E-state index contributed by atoms with van der Waals surface area (Å²) in [6, 6.07) is 0. The largest absolute Gasteiger partial charge is 0.360 e. The molecule has 1 aromatic heterocycles. The highest BCUT2D eigenvalue weighted by Crippen LogP contribution is 2.16. The van der Waals surface area contributed by atoms with Gasteiger partial charge in [-0.25, -0.2) is 4.79 Å². The van der Waals surface area contributed by atoms with Gasteiger partial charge < -0.3 is 10.6 Å². The van der Waals surface area contributed by atoms with Crippen LogP contribution < -0.4 is 21.9 Å². The fourth-order valence-electron chi connectivity index (χ4n) is 1.51. The van der Waals surface area contributed by atoms with Crippen LogP contribution in [-0.4, -0.2) is 21.6 Å². The zero-order valence-electron chi connectivity index (χ0n) is 8.33. The van der Waals surface area contributed by atoms with E-state index in [2.05, 4.69) is 10.6 Å². The molecule has 0 radical (unpaired) electrons. The highest BCUT2D eigenvalue weighted by Gasteiger charge is 2.21. The monoisotopic (exact) mass is 210 g/mol. The average Bonchev–Trinajstić information content (AvgIpc) is 2.23. The van der Waals surface area contributed by atoms with Crippen molar-refractivity contribution in [2.75, 3.05) is 17.2 Å². The molecule has 0 fully saturated rings. The molecule has 7 nitrogen and oxygen atoms in total. The normalized spacial score (nSPS) is 14.1. The van der Waals surface area contributed by atoms with Gasteiger partial charge in [-0.2, -0.15) is 0 Å². The minimum atomic E-state index is -0.506. The second-order valence-corrected chi connectivity index (χ2v) is 3.33.